The van der Waals surface area contributed by atoms with E-state index in [4.69, 9.17) is 0 Å². The summed E-state index contributed by atoms with van der Waals surface area (Å²) in [6.07, 6.45) is 0. The second kappa shape index (κ2) is 8.81. The standard InChI is InChI=1S/C38H20N4S/c39-21-23-13-15-35-29(17-23)28-9-3-6-12-34(28)42(35)36-19-24(22-40)18-31-30-20-25(14-16-37(30)43-38(31)36)41-32-10-4-1-7-26(32)27-8-2-5-11-33(27)41/h1-20H. The van der Waals surface area contributed by atoms with Crippen molar-refractivity contribution in [1.82, 2.24) is 9.13 Å². The maximum absolute atomic E-state index is 10.2. The molecule has 0 saturated heterocycles. The molecule has 0 N–H and O–H groups in total. The zero-order chi connectivity index (χ0) is 28.7. The van der Waals surface area contributed by atoms with Crippen LogP contribution in [-0.2, 0) is 0 Å². The third kappa shape index (κ3) is 3.29. The Balaban J connectivity index is 1.37. The molecule has 198 valence electrons. The van der Waals surface area contributed by atoms with Crippen LogP contribution in [0.1, 0.15) is 11.1 Å². The highest BCUT2D eigenvalue weighted by atomic mass is 32.1. The van der Waals surface area contributed by atoms with Gasteiger partial charge in [0.1, 0.15) is 0 Å². The van der Waals surface area contributed by atoms with Gasteiger partial charge in [-0.2, -0.15) is 10.5 Å². The van der Waals surface area contributed by atoms with Gasteiger partial charge in [0.25, 0.3) is 0 Å². The Morgan fingerprint density at radius 2 is 1.05 bits per heavy atom. The van der Waals surface area contributed by atoms with Crippen molar-refractivity contribution in [2.24, 2.45) is 0 Å². The number of hydrogen-bond donors (Lipinski definition) is 0. The van der Waals surface area contributed by atoms with Crippen LogP contribution in [0.5, 0.6) is 0 Å². The molecule has 0 atom stereocenters. The lowest BCUT2D eigenvalue weighted by molar-refractivity contribution is 1.19. The quantitative estimate of drug-likeness (QED) is 0.210. The Hall–Kier alpha value is -5.88. The van der Waals surface area contributed by atoms with Gasteiger partial charge in [0.05, 0.1) is 55.7 Å². The van der Waals surface area contributed by atoms with E-state index in [1.165, 1.54) is 26.5 Å². The molecule has 0 saturated carbocycles. The molecule has 0 unspecified atom stereocenters. The Kier molecular flexibility index (Phi) is 4.87. The number of benzene rings is 6. The first-order valence-electron chi connectivity index (χ1n) is 14.1. The van der Waals surface area contributed by atoms with Crippen molar-refractivity contribution in [3.8, 4) is 23.5 Å². The van der Waals surface area contributed by atoms with Crippen LogP contribution in [0.4, 0.5) is 0 Å². The third-order valence-corrected chi connectivity index (χ3v) is 9.75. The van der Waals surface area contributed by atoms with E-state index in [0.29, 0.717) is 11.1 Å². The van der Waals surface area contributed by atoms with E-state index in [0.717, 1.165) is 48.7 Å². The van der Waals surface area contributed by atoms with E-state index in [9.17, 15) is 10.5 Å². The molecule has 0 aliphatic rings. The zero-order valence-corrected chi connectivity index (χ0v) is 23.6. The summed E-state index contributed by atoms with van der Waals surface area (Å²) in [6, 6.07) is 46.6. The van der Waals surface area contributed by atoms with Crippen LogP contribution >= 0.6 is 11.3 Å². The van der Waals surface area contributed by atoms with E-state index in [1.54, 1.807) is 11.3 Å². The summed E-state index contributed by atoms with van der Waals surface area (Å²) in [5.74, 6) is 0. The normalized spacial score (nSPS) is 11.7. The number of thiophene rings is 1. The number of hydrogen-bond acceptors (Lipinski definition) is 3. The topological polar surface area (TPSA) is 57.4 Å². The number of aromatic nitrogens is 2. The average Bonchev–Trinajstić information content (AvgIpc) is 3.71. The monoisotopic (exact) mass is 564 g/mol. The minimum atomic E-state index is 0.615. The van der Waals surface area contributed by atoms with Gasteiger partial charge in [-0.3, -0.25) is 0 Å². The van der Waals surface area contributed by atoms with Gasteiger partial charge in [-0.15, -0.1) is 11.3 Å². The van der Waals surface area contributed by atoms with Gasteiger partial charge in [-0.1, -0.05) is 54.6 Å². The largest absolute Gasteiger partial charge is 0.309 e. The molecule has 9 aromatic rings. The van der Waals surface area contributed by atoms with Crippen LogP contribution in [0.3, 0.4) is 0 Å². The molecule has 3 heterocycles. The Morgan fingerprint density at radius 3 is 1.72 bits per heavy atom. The summed E-state index contributed by atoms with van der Waals surface area (Å²) >= 11 is 1.75. The summed E-state index contributed by atoms with van der Waals surface area (Å²) in [4.78, 5) is 0. The second-order valence-electron chi connectivity index (χ2n) is 10.8. The molecule has 4 nitrogen and oxygen atoms in total. The van der Waals surface area contributed by atoms with Gasteiger partial charge in [0, 0.05) is 42.7 Å². The average molecular weight is 565 g/mol. The van der Waals surface area contributed by atoms with Gasteiger partial charge in [0.2, 0.25) is 0 Å². The predicted octanol–water partition coefficient (Wildman–Crippen LogP) is 9.99. The maximum Gasteiger partial charge on any atom is 0.0992 e. The SMILES string of the molecule is N#Cc1cc(-n2c3ccccc3c3cc(C#N)ccc32)c2sc3ccc(-n4c5ccccc5c5ccccc54)cc3c2c1. The lowest BCUT2D eigenvalue weighted by Crippen LogP contribution is -1.95. The van der Waals surface area contributed by atoms with E-state index < -0.39 is 0 Å². The fourth-order valence-corrected chi connectivity index (χ4v) is 7.89. The minimum absolute atomic E-state index is 0.615. The van der Waals surface area contributed by atoms with Crippen molar-refractivity contribution in [3.63, 3.8) is 0 Å². The first-order valence-corrected chi connectivity index (χ1v) is 14.9. The van der Waals surface area contributed by atoms with E-state index >= 15 is 0 Å². The molecule has 43 heavy (non-hydrogen) atoms. The highest BCUT2D eigenvalue weighted by Gasteiger charge is 2.19. The number of rotatable bonds is 2. The highest BCUT2D eigenvalue weighted by Crippen LogP contribution is 2.43. The van der Waals surface area contributed by atoms with Crippen molar-refractivity contribution < 1.29 is 0 Å². The van der Waals surface area contributed by atoms with Crippen molar-refractivity contribution in [2.45, 2.75) is 0 Å². The number of fused-ring (bicyclic) bond motifs is 9. The number of nitriles is 2. The second-order valence-corrected chi connectivity index (χ2v) is 11.9. The first-order chi connectivity index (χ1) is 21.2. The molecule has 6 aromatic carbocycles. The van der Waals surface area contributed by atoms with Crippen LogP contribution in [-0.4, -0.2) is 9.13 Å². The van der Waals surface area contributed by atoms with E-state index in [1.807, 2.05) is 42.5 Å². The van der Waals surface area contributed by atoms with Crippen LogP contribution in [0, 0.1) is 22.7 Å². The summed E-state index contributed by atoms with van der Waals surface area (Å²) in [5, 5.41) is 26.5. The fourth-order valence-electron chi connectivity index (χ4n) is 6.72. The summed E-state index contributed by atoms with van der Waals surface area (Å²) in [7, 11) is 0. The zero-order valence-electron chi connectivity index (χ0n) is 22.7. The highest BCUT2D eigenvalue weighted by molar-refractivity contribution is 7.26. The molecule has 0 amide bonds. The lowest BCUT2D eigenvalue weighted by atomic mass is 10.1. The number of para-hydroxylation sites is 3. The van der Waals surface area contributed by atoms with Gasteiger partial charge < -0.3 is 9.13 Å². The molecule has 0 aliphatic carbocycles. The molecule has 0 aliphatic heterocycles. The molecule has 0 bridgehead atoms. The lowest BCUT2D eigenvalue weighted by Gasteiger charge is -2.10. The molecular weight excluding hydrogens is 545 g/mol. The molecule has 0 fully saturated rings. The van der Waals surface area contributed by atoms with Crippen LogP contribution < -0.4 is 0 Å². The Bertz CT molecular complexity index is 2650. The third-order valence-electron chi connectivity index (χ3n) is 8.54. The van der Waals surface area contributed by atoms with Crippen molar-refractivity contribution >= 4 is 75.1 Å². The summed E-state index contributed by atoms with van der Waals surface area (Å²) in [6.45, 7) is 0. The van der Waals surface area contributed by atoms with Gasteiger partial charge in [-0.05, 0) is 66.7 Å². The van der Waals surface area contributed by atoms with E-state index in [-0.39, 0.29) is 0 Å². The molecule has 0 spiro atoms. The molecular formula is C38H20N4S. The van der Waals surface area contributed by atoms with Crippen molar-refractivity contribution in [2.75, 3.05) is 0 Å². The molecule has 0 radical (unpaired) electrons. The van der Waals surface area contributed by atoms with Crippen LogP contribution in [0.2, 0.25) is 0 Å². The minimum Gasteiger partial charge on any atom is -0.309 e. The first kappa shape index (κ1) is 23.8. The van der Waals surface area contributed by atoms with Crippen molar-refractivity contribution in [3.05, 3.63) is 132 Å². The maximum atomic E-state index is 10.2. The van der Waals surface area contributed by atoms with Crippen LogP contribution in [0.25, 0.3) is 75.2 Å². The van der Waals surface area contributed by atoms with Gasteiger partial charge >= 0.3 is 0 Å². The Labute approximate surface area is 250 Å². The van der Waals surface area contributed by atoms with Crippen molar-refractivity contribution in [1.29, 1.82) is 10.5 Å². The number of nitrogens with zero attached hydrogens (tertiary/aromatic N) is 4. The van der Waals surface area contributed by atoms with Crippen LogP contribution in [0.15, 0.2) is 121 Å². The summed E-state index contributed by atoms with van der Waals surface area (Å²) in [5.41, 5.74) is 7.72. The molecule has 3 aromatic heterocycles. The Morgan fingerprint density at radius 1 is 0.465 bits per heavy atom. The fraction of sp³-hybridized carbons (Fsp3) is 0. The summed E-state index contributed by atoms with van der Waals surface area (Å²) < 4.78 is 6.88. The van der Waals surface area contributed by atoms with E-state index in [2.05, 4.69) is 100 Å². The smallest absolute Gasteiger partial charge is 0.0992 e. The van der Waals surface area contributed by atoms with Gasteiger partial charge in [-0.25, -0.2) is 0 Å². The molecule has 9 rings (SSSR count). The van der Waals surface area contributed by atoms with Gasteiger partial charge in [0.15, 0.2) is 0 Å². The predicted molar refractivity (Wildman–Crippen MR) is 177 cm³/mol. The molecule has 5 heteroatoms.